The van der Waals surface area contributed by atoms with E-state index in [-0.39, 0.29) is 5.91 Å². The Balaban J connectivity index is 1.75. The van der Waals surface area contributed by atoms with Gasteiger partial charge in [-0.3, -0.25) is 15.1 Å². The smallest absolute Gasteiger partial charge is 0.276 e. The summed E-state index contributed by atoms with van der Waals surface area (Å²) in [5.41, 5.74) is 1.59. The van der Waals surface area contributed by atoms with Crippen molar-refractivity contribution in [3.63, 3.8) is 0 Å². The standard InChI is InChI=1S/C25H18N4OS/c1-31-25-27-24(30)22-19-12-6-7-13-20(19)26-23(29(22)28-25)21-17-10-4-2-8-15(17)14-16-9-3-5-11-18(16)21/h2-14,23H,1H3,(H,27,28,30). The number of thioether (sulfide) groups is 1. The second-order valence-corrected chi connectivity index (χ2v) is 8.30. The van der Waals surface area contributed by atoms with E-state index >= 15 is 0 Å². The zero-order valence-corrected chi connectivity index (χ0v) is 17.6. The molecule has 0 saturated heterocycles. The number of nitrogens with zero attached hydrogens (tertiary/aromatic N) is 3. The second-order valence-electron chi connectivity index (χ2n) is 7.51. The molecule has 6 rings (SSSR count). The van der Waals surface area contributed by atoms with Crippen molar-refractivity contribution in [2.45, 2.75) is 6.17 Å². The van der Waals surface area contributed by atoms with E-state index in [1.165, 1.54) is 11.8 Å². The molecule has 31 heavy (non-hydrogen) atoms. The molecule has 0 saturated carbocycles. The molecule has 0 radical (unpaired) electrons. The number of para-hydroxylation sites is 1. The Morgan fingerprint density at radius 3 is 2.26 bits per heavy atom. The van der Waals surface area contributed by atoms with E-state index in [1.54, 1.807) is 5.01 Å². The Morgan fingerprint density at radius 2 is 1.55 bits per heavy atom. The molecule has 1 atom stereocenters. The fraction of sp³-hybridized carbons (Fsp3) is 0.0800. The molecule has 2 heterocycles. The summed E-state index contributed by atoms with van der Waals surface area (Å²) < 4.78 is 0. The van der Waals surface area contributed by atoms with Crippen LogP contribution in [0.2, 0.25) is 0 Å². The van der Waals surface area contributed by atoms with Gasteiger partial charge in [-0.05, 0) is 39.9 Å². The number of carbonyl (C=O) groups excluding carboxylic acids is 1. The van der Waals surface area contributed by atoms with Crippen molar-refractivity contribution in [2.75, 3.05) is 6.26 Å². The van der Waals surface area contributed by atoms with Crippen LogP contribution in [0.5, 0.6) is 0 Å². The molecule has 0 bridgehead atoms. The Morgan fingerprint density at radius 1 is 0.903 bits per heavy atom. The number of nitrogens with one attached hydrogen (secondary N) is 1. The van der Waals surface area contributed by atoms with Crippen molar-refractivity contribution in [1.82, 2.24) is 10.3 Å². The summed E-state index contributed by atoms with van der Waals surface area (Å²) >= 11 is 1.41. The molecule has 1 amide bonds. The van der Waals surface area contributed by atoms with Crippen LogP contribution >= 0.6 is 11.8 Å². The van der Waals surface area contributed by atoms with Crippen LogP contribution in [-0.2, 0) is 4.79 Å². The van der Waals surface area contributed by atoms with Crippen LogP contribution in [-0.4, -0.2) is 22.3 Å². The molecule has 2 aliphatic heterocycles. The topological polar surface area (TPSA) is 57.1 Å². The minimum Gasteiger partial charge on any atom is -0.298 e. The van der Waals surface area contributed by atoms with Crippen LogP contribution in [0.25, 0.3) is 27.2 Å². The lowest BCUT2D eigenvalue weighted by atomic mass is 9.94. The molecule has 1 unspecified atom stereocenters. The Kier molecular flexibility index (Phi) is 4.07. The van der Waals surface area contributed by atoms with Gasteiger partial charge in [-0.2, -0.15) is 0 Å². The Hall–Kier alpha value is -3.64. The van der Waals surface area contributed by atoms with Crippen LogP contribution in [0.3, 0.4) is 0 Å². The lowest BCUT2D eigenvalue weighted by molar-refractivity contribution is -0.116. The molecule has 5 nitrogen and oxygen atoms in total. The van der Waals surface area contributed by atoms with Gasteiger partial charge in [0.05, 0.1) is 5.36 Å². The van der Waals surface area contributed by atoms with Crippen molar-refractivity contribution in [3.05, 3.63) is 95.0 Å². The molecule has 0 fully saturated rings. The van der Waals surface area contributed by atoms with Crippen molar-refractivity contribution < 1.29 is 4.79 Å². The third-order valence-electron chi connectivity index (χ3n) is 5.78. The largest absolute Gasteiger partial charge is 0.298 e. The van der Waals surface area contributed by atoms with Gasteiger partial charge in [-0.1, -0.05) is 78.5 Å². The minimum absolute atomic E-state index is 0.156. The molecule has 4 aromatic rings. The van der Waals surface area contributed by atoms with Gasteiger partial charge in [0.25, 0.3) is 5.91 Å². The van der Waals surface area contributed by atoms with Crippen LogP contribution < -0.4 is 15.9 Å². The Bertz CT molecular complexity index is 1490. The highest BCUT2D eigenvalue weighted by atomic mass is 32.2. The zero-order valence-electron chi connectivity index (χ0n) is 16.7. The molecule has 4 aromatic carbocycles. The van der Waals surface area contributed by atoms with Crippen LogP contribution in [0.4, 0.5) is 0 Å². The van der Waals surface area contributed by atoms with Gasteiger partial charge in [0.2, 0.25) is 0 Å². The zero-order chi connectivity index (χ0) is 20.9. The number of hydrogen-bond acceptors (Lipinski definition) is 5. The van der Waals surface area contributed by atoms with E-state index in [2.05, 4.69) is 35.6 Å². The third-order valence-corrected chi connectivity index (χ3v) is 6.35. The number of benzene rings is 4. The Labute approximate surface area is 182 Å². The van der Waals surface area contributed by atoms with Gasteiger partial charge in [0.15, 0.2) is 11.3 Å². The van der Waals surface area contributed by atoms with Gasteiger partial charge in [-0.25, -0.2) is 5.01 Å². The number of amidine groups is 1. The second kappa shape index (κ2) is 6.96. The van der Waals surface area contributed by atoms with Crippen molar-refractivity contribution in [2.24, 2.45) is 10.1 Å². The first-order valence-electron chi connectivity index (χ1n) is 10.1. The highest BCUT2D eigenvalue weighted by Gasteiger charge is 2.35. The lowest BCUT2D eigenvalue weighted by Crippen LogP contribution is -2.50. The first kappa shape index (κ1) is 18.2. The average Bonchev–Trinajstić information content (AvgIpc) is 2.81. The van der Waals surface area contributed by atoms with E-state index in [9.17, 15) is 4.79 Å². The number of rotatable bonds is 1. The average molecular weight is 423 g/mol. The molecular formula is C25H18N4OS. The highest BCUT2D eigenvalue weighted by molar-refractivity contribution is 8.13. The minimum atomic E-state index is -0.450. The number of fused-ring (bicyclic) bond motifs is 4. The maximum Gasteiger partial charge on any atom is 0.276 e. The molecule has 0 aromatic heterocycles. The van der Waals surface area contributed by atoms with Crippen molar-refractivity contribution in [3.8, 4) is 0 Å². The normalized spacial score (nSPS) is 17.6. The summed E-state index contributed by atoms with van der Waals surface area (Å²) in [6, 6.07) is 26.6. The summed E-state index contributed by atoms with van der Waals surface area (Å²) in [5, 5.41) is 16.2. The predicted octanol–water partition coefficient (Wildman–Crippen LogP) is 3.50. The van der Waals surface area contributed by atoms with Gasteiger partial charge in [0.1, 0.15) is 5.70 Å². The number of carbonyl (C=O) groups is 1. The maximum atomic E-state index is 13.1. The SMILES string of the molecule is CSC1=NN2C(=c3ccccc3=NC2c2c3ccccc3cc3ccccc23)C(=O)N1. The van der Waals surface area contributed by atoms with E-state index in [1.807, 2.05) is 54.8 Å². The fourth-order valence-electron chi connectivity index (χ4n) is 4.43. The van der Waals surface area contributed by atoms with E-state index in [4.69, 9.17) is 10.1 Å². The number of hydrogen-bond donors (Lipinski definition) is 1. The molecule has 0 spiro atoms. The van der Waals surface area contributed by atoms with Crippen LogP contribution in [0, 0.1) is 0 Å². The number of hydrazone groups is 1. The van der Waals surface area contributed by atoms with E-state index in [0.29, 0.717) is 10.9 Å². The lowest BCUT2D eigenvalue weighted by Gasteiger charge is -2.34. The molecule has 6 heteroatoms. The fourth-order valence-corrected chi connectivity index (χ4v) is 4.80. The molecule has 150 valence electrons. The highest BCUT2D eigenvalue weighted by Crippen LogP contribution is 2.39. The summed E-state index contributed by atoms with van der Waals surface area (Å²) in [5.74, 6) is -0.156. The summed E-state index contributed by atoms with van der Waals surface area (Å²) in [6.07, 6.45) is 1.45. The number of amides is 1. The van der Waals surface area contributed by atoms with E-state index < -0.39 is 6.17 Å². The van der Waals surface area contributed by atoms with Crippen LogP contribution in [0.15, 0.2) is 89.0 Å². The monoisotopic (exact) mass is 422 g/mol. The molecule has 2 aliphatic rings. The van der Waals surface area contributed by atoms with E-state index in [0.717, 1.165) is 37.7 Å². The summed E-state index contributed by atoms with van der Waals surface area (Å²) in [7, 11) is 0. The quantitative estimate of drug-likeness (QED) is 0.478. The van der Waals surface area contributed by atoms with Gasteiger partial charge in [0, 0.05) is 10.8 Å². The first-order valence-corrected chi connectivity index (χ1v) is 11.3. The van der Waals surface area contributed by atoms with Gasteiger partial charge < -0.3 is 0 Å². The third kappa shape index (κ3) is 2.75. The predicted molar refractivity (Wildman–Crippen MR) is 126 cm³/mol. The molecular weight excluding hydrogens is 404 g/mol. The first-order chi connectivity index (χ1) is 15.2. The maximum absolute atomic E-state index is 13.1. The van der Waals surface area contributed by atoms with Crippen molar-refractivity contribution >= 4 is 50.1 Å². The van der Waals surface area contributed by atoms with Gasteiger partial charge >= 0.3 is 0 Å². The summed E-state index contributed by atoms with van der Waals surface area (Å²) in [6.45, 7) is 0. The molecule has 1 N–H and O–H groups in total. The van der Waals surface area contributed by atoms with Gasteiger partial charge in [-0.15, -0.1) is 5.10 Å². The van der Waals surface area contributed by atoms with Crippen molar-refractivity contribution in [1.29, 1.82) is 0 Å². The van der Waals surface area contributed by atoms with Crippen LogP contribution in [0.1, 0.15) is 11.7 Å². The summed E-state index contributed by atoms with van der Waals surface area (Å²) in [4.78, 5) is 18.3. The molecule has 0 aliphatic carbocycles.